The number of halogens is 2. The highest BCUT2D eigenvalue weighted by Gasteiger charge is 2.20. The number of hydrogen-bond acceptors (Lipinski definition) is 8. The van der Waals surface area contributed by atoms with Gasteiger partial charge in [-0.05, 0) is 62.2 Å². The number of carbonyl (C=O) groups is 1. The Labute approximate surface area is 250 Å². The fraction of sp³-hybridized carbons (Fsp3) is 0.414. The summed E-state index contributed by atoms with van der Waals surface area (Å²) in [5.74, 6) is 1.62. The maximum Gasteiger partial charge on any atom is 0.413 e. The number of aromatic nitrogens is 2. The zero-order chi connectivity index (χ0) is 29.4. The first-order chi connectivity index (χ1) is 19.7. The number of nitrogens with zero attached hydrogens (tertiary/aromatic N) is 5. The molecule has 1 fully saturated rings. The van der Waals surface area contributed by atoms with Gasteiger partial charge in [0.2, 0.25) is 5.95 Å². The maximum atomic E-state index is 12.1. The van der Waals surface area contributed by atoms with E-state index in [4.69, 9.17) is 32.7 Å². The average Bonchev–Trinajstić information content (AvgIpc) is 2.96. The number of benzene rings is 2. The molecule has 3 aromatic rings. The minimum Gasteiger partial charge on any atom is -0.493 e. The van der Waals surface area contributed by atoms with Crippen molar-refractivity contribution in [2.24, 2.45) is 0 Å². The molecular formula is C29H36Cl2N6O4. The summed E-state index contributed by atoms with van der Waals surface area (Å²) < 4.78 is 11.6. The Hall–Kier alpha value is -3.31. The van der Waals surface area contributed by atoms with Crippen molar-refractivity contribution in [2.45, 2.75) is 32.9 Å². The van der Waals surface area contributed by atoms with Crippen molar-refractivity contribution in [3.63, 3.8) is 0 Å². The lowest BCUT2D eigenvalue weighted by Gasteiger charge is -2.36. The summed E-state index contributed by atoms with van der Waals surface area (Å²) in [5, 5.41) is 13.8. The average molecular weight is 604 g/mol. The molecule has 2 heterocycles. The molecule has 2 N–H and O–H groups in total. The Balaban J connectivity index is 1.35. The second kappa shape index (κ2) is 14.5. The van der Waals surface area contributed by atoms with Crippen LogP contribution in [0, 0.1) is 0 Å². The van der Waals surface area contributed by atoms with Crippen molar-refractivity contribution >= 4 is 46.7 Å². The summed E-state index contributed by atoms with van der Waals surface area (Å²) in [6.07, 6.45) is 1.22. The minimum atomic E-state index is -1.19. The van der Waals surface area contributed by atoms with Crippen LogP contribution in [-0.2, 0) is 6.54 Å². The first-order valence-electron chi connectivity index (χ1n) is 13.5. The van der Waals surface area contributed by atoms with E-state index < -0.39 is 6.09 Å². The second-order valence-electron chi connectivity index (χ2n) is 10.0. The fourth-order valence-corrected chi connectivity index (χ4v) is 4.98. The van der Waals surface area contributed by atoms with Crippen LogP contribution >= 0.6 is 23.2 Å². The molecule has 1 aromatic heterocycles. The van der Waals surface area contributed by atoms with E-state index in [1.165, 1.54) is 12.3 Å². The number of amides is 1. The normalized spacial score (nSPS) is 14.2. The van der Waals surface area contributed by atoms with Crippen molar-refractivity contribution < 1.29 is 19.4 Å². The number of nitrogens with one attached hydrogen (secondary N) is 1. The smallest absolute Gasteiger partial charge is 0.413 e. The third kappa shape index (κ3) is 8.59. The standard InChI is InChI=1S/C29H36Cl2N6O4/c1-20(2)36-14-12-35(13-15-36)11-4-16-41-25-8-6-23(18-26(25)40-3)33-28-32-10-9-27(34-28)37(29(38)39)19-21-17-22(30)5-7-24(21)31/h5-10,17-18,20H,4,11-16,19H2,1-3H3,(H,38,39)(H,32,33,34). The maximum absolute atomic E-state index is 12.1. The lowest BCUT2D eigenvalue weighted by molar-refractivity contribution is 0.104. The SMILES string of the molecule is COc1cc(Nc2nccc(N(Cc3cc(Cl)ccc3Cl)C(=O)O)n2)ccc1OCCCN1CCN(C(C)C)CC1. The molecule has 41 heavy (non-hydrogen) atoms. The van der Waals surface area contributed by atoms with Gasteiger partial charge in [0, 0.05) is 66.8 Å². The van der Waals surface area contributed by atoms with E-state index in [0.717, 1.165) is 44.0 Å². The first kappa shape index (κ1) is 30.6. The largest absolute Gasteiger partial charge is 0.493 e. The van der Waals surface area contributed by atoms with E-state index >= 15 is 0 Å². The highest BCUT2D eigenvalue weighted by atomic mass is 35.5. The van der Waals surface area contributed by atoms with Gasteiger partial charge in [-0.15, -0.1) is 0 Å². The Morgan fingerprint density at radius 1 is 1.10 bits per heavy atom. The van der Waals surface area contributed by atoms with Crippen LogP contribution in [0.15, 0.2) is 48.7 Å². The van der Waals surface area contributed by atoms with Crippen LogP contribution in [0.2, 0.25) is 10.0 Å². The minimum absolute atomic E-state index is 0.0286. The molecule has 1 aliphatic rings. The van der Waals surface area contributed by atoms with Gasteiger partial charge < -0.3 is 24.8 Å². The quantitative estimate of drug-likeness (QED) is 0.241. The molecular weight excluding hydrogens is 567 g/mol. The molecule has 10 nitrogen and oxygen atoms in total. The highest BCUT2D eigenvalue weighted by Crippen LogP contribution is 2.31. The Morgan fingerprint density at radius 3 is 2.59 bits per heavy atom. The number of hydrogen-bond donors (Lipinski definition) is 2. The molecule has 12 heteroatoms. The van der Waals surface area contributed by atoms with E-state index in [-0.39, 0.29) is 18.3 Å². The lowest BCUT2D eigenvalue weighted by Crippen LogP contribution is -2.49. The van der Waals surface area contributed by atoms with Crippen LogP contribution < -0.4 is 19.7 Å². The number of ether oxygens (including phenoxy) is 2. The van der Waals surface area contributed by atoms with Crippen LogP contribution in [0.3, 0.4) is 0 Å². The zero-order valence-corrected chi connectivity index (χ0v) is 25.0. The Morgan fingerprint density at radius 2 is 1.88 bits per heavy atom. The van der Waals surface area contributed by atoms with Crippen LogP contribution in [-0.4, -0.2) is 83.4 Å². The van der Waals surface area contributed by atoms with Gasteiger partial charge in [0.25, 0.3) is 0 Å². The molecule has 0 atom stereocenters. The van der Waals surface area contributed by atoms with Gasteiger partial charge in [0.15, 0.2) is 11.5 Å². The number of carboxylic acid groups (broad SMARTS) is 1. The van der Waals surface area contributed by atoms with E-state index in [9.17, 15) is 9.90 Å². The molecule has 0 saturated carbocycles. The topological polar surface area (TPSA) is 103 Å². The van der Waals surface area contributed by atoms with E-state index in [1.807, 2.05) is 12.1 Å². The van der Waals surface area contributed by atoms with Crippen molar-refractivity contribution in [1.82, 2.24) is 19.8 Å². The third-order valence-electron chi connectivity index (χ3n) is 6.92. The van der Waals surface area contributed by atoms with Crippen LogP contribution in [0.5, 0.6) is 11.5 Å². The number of anilines is 3. The molecule has 2 aromatic carbocycles. The number of methoxy groups -OCH3 is 1. The van der Waals surface area contributed by atoms with Crippen molar-refractivity contribution in [1.29, 1.82) is 0 Å². The molecule has 0 spiro atoms. The summed E-state index contributed by atoms with van der Waals surface area (Å²) >= 11 is 12.3. The van der Waals surface area contributed by atoms with E-state index in [1.54, 1.807) is 31.4 Å². The van der Waals surface area contributed by atoms with Gasteiger partial charge in [0.1, 0.15) is 5.82 Å². The predicted molar refractivity (Wildman–Crippen MR) is 162 cm³/mol. The molecule has 0 aliphatic carbocycles. The molecule has 0 bridgehead atoms. The summed E-state index contributed by atoms with van der Waals surface area (Å²) in [6, 6.07) is 12.5. The van der Waals surface area contributed by atoms with E-state index in [0.29, 0.717) is 45.4 Å². The lowest BCUT2D eigenvalue weighted by atomic mass is 10.2. The van der Waals surface area contributed by atoms with Gasteiger partial charge in [-0.2, -0.15) is 4.98 Å². The van der Waals surface area contributed by atoms with Crippen molar-refractivity contribution in [2.75, 3.05) is 56.7 Å². The number of rotatable bonds is 12. The summed E-state index contributed by atoms with van der Waals surface area (Å²) in [6.45, 7) is 10.4. The van der Waals surface area contributed by atoms with Crippen LogP contribution in [0.4, 0.5) is 22.2 Å². The van der Waals surface area contributed by atoms with Gasteiger partial charge in [-0.3, -0.25) is 9.80 Å². The van der Waals surface area contributed by atoms with Crippen molar-refractivity contribution in [3.8, 4) is 11.5 Å². The van der Waals surface area contributed by atoms with Gasteiger partial charge in [-0.1, -0.05) is 23.2 Å². The summed E-state index contributed by atoms with van der Waals surface area (Å²) in [7, 11) is 1.59. The molecule has 0 radical (unpaired) electrons. The summed E-state index contributed by atoms with van der Waals surface area (Å²) in [4.78, 5) is 26.8. The molecule has 0 unspecified atom stereocenters. The van der Waals surface area contributed by atoms with E-state index in [2.05, 4.69) is 38.9 Å². The third-order valence-corrected chi connectivity index (χ3v) is 7.52. The molecule has 1 saturated heterocycles. The first-order valence-corrected chi connectivity index (χ1v) is 14.3. The van der Waals surface area contributed by atoms with Crippen LogP contribution in [0.25, 0.3) is 0 Å². The van der Waals surface area contributed by atoms with Crippen LogP contribution in [0.1, 0.15) is 25.8 Å². The predicted octanol–water partition coefficient (Wildman–Crippen LogP) is 6.02. The highest BCUT2D eigenvalue weighted by molar-refractivity contribution is 6.33. The molecule has 220 valence electrons. The zero-order valence-electron chi connectivity index (χ0n) is 23.5. The molecule has 1 aliphatic heterocycles. The Kier molecular flexibility index (Phi) is 10.9. The monoisotopic (exact) mass is 602 g/mol. The van der Waals surface area contributed by atoms with Crippen molar-refractivity contribution in [3.05, 3.63) is 64.3 Å². The second-order valence-corrected chi connectivity index (χ2v) is 10.9. The van der Waals surface area contributed by atoms with Gasteiger partial charge >= 0.3 is 6.09 Å². The molecule has 1 amide bonds. The number of piperazine rings is 1. The van der Waals surface area contributed by atoms with Gasteiger partial charge in [0.05, 0.1) is 20.3 Å². The summed E-state index contributed by atoms with van der Waals surface area (Å²) in [5.41, 5.74) is 1.22. The fourth-order valence-electron chi connectivity index (χ4n) is 4.61. The molecule has 4 rings (SSSR count). The van der Waals surface area contributed by atoms with Gasteiger partial charge in [-0.25, -0.2) is 9.78 Å². The Bertz CT molecular complexity index is 1320.